The molecule has 2 nitrogen and oxygen atoms in total. The van der Waals surface area contributed by atoms with Crippen LogP contribution in [0, 0.1) is 12.7 Å². The zero-order valence-corrected chi connectivity index (χ0v) is 11.5. The van der Waals surface area contributed by atoms with Gasteiger partial charge in [-0.25, -0.2) is 4.39 Å². The summed E-state index contributed by atoms with van der Waals surface area (Å²) >= 11 is 3.33. The number of aryl methyl sites for hydroxylation is 1. The summed E-state index contributed by atoms with van der Waals surface area (Å²) in [4.78, 5) is 0. The number of halogens is 2. The summed E-state index contributed by atoms with van der Waals surface area (Å²) < 4.78 is 19.6. The fourth-order valence-electron chi connectivity index (χ4n) is 1.63. The number of hydrogen-bond acceptors (Lipinski definition) is 2. The summed E-state index contributed by atoms with van der Waals surface area (Å²) in [5, 5.41) is 0. The molecule has 94 valence electrons. The van der Waals surface area contributed by atoms with Crippen LogP contribution in [0.1, 0.15) is 11.1 Å². The van der Waals surface area contributed by atoms with E-state index in [1.807, 2.05) is 25.1 Å². The van der Waals surface area contributed by atoms with Crippen LogP contribution in [-0.2, 0) is 6.54 Å². The van der Waals surface area contributed by atoms with Crippen molar-refractivity contribution in [3.05, 3.63) is 57.8 Å². The van der Waals surface area contributed by atoms with Gasteiger partial charge in [0.15, 0.2) is 0 Å². The van der Waals surface area contributed by atoms with E-state index in [2.05, 4.69) is 15.9 Å². The van der Waals surface area contributed by atoms with Gasteiger partial charge in [0.1, 0.15) is 17.3 Å². The predicted octanol–water partition coefficient (Wildman–Crippen LogP) is 4.15. The van der Waals surface area contributed by atoms with Gasteiger partial charge in [-0.1, -0.05) is 12.1 Å². The largest absolute Gasteiger partial charge is 0.456 e. The molecule has 0 atom stereocenters. The van der Waals surface area contributed by atoms with Crippen LogP contribution in [-0.4, -0.2) is 0 Å². The van der Waals surface area contributed by atoms with Crippen molar-refractivity contribution >= 4 is 15.9 Å². The van der Waals surface area contributed by atoms with E-state index in [-0.39, 0.29) is 5.82 Å². The van der Waals surface area contributed by atoms with Gasteiger partial charge in [-0.2, -0.15) is 0 Å². The summed E-state index contributed by atoms with van der Waals surface area (Å²) in [6, 6.07) is 10.0. The summed E-state index contributed by atoms with van der Waals surface area (Å²) in [6.07, 6.45) is 0. The van der Waals surface area contributed by atoms with Crippen LogP contribution in [0.3, 0.4) is 0 Å². The third kappa shape index (κ3) is 2.89. The Hall–Kier alpha value is -1.39. The van der Waals surface area contributed by atoms with Crippen LogP contribution in [0.4, 0.5) is 4.39 Å². The molecule has 2 aromatic carbocycles. The molecular formula is C14H13BrFNO. The van der Waals surface area contributed by atoms with Crippen LogP contribution >= 0.6 is 15.9 Å². The second kappa shape index (κ2) is 5.50. The maximum Gasteiger partial charge on any atom is 0.144 e. The lowest BCUT2D eigenvalue weighted by Gasteiger charge is -2.11. The Morgan fingerprint density at radius 2 is 1.94 bits per heavy atom. The topological polar surface area (TPSA) is 35.2 Å². The molecule has 2 aromatic rings. The van der Waals surface area contributed by atoms with Gasteiger partial charge in [0.2, 0.25) is 0 Å². The molecule has 0 saturated carbocycles. The Labute approximate surface area is 114 Å². The van der Waals surface area contributed by atoms with E-state index in [0.29, 0.717) is 22.5 Å². The van der Waals surface area contributed by atoms with Crippen LogP contribution in [0.2, 0.25) is 0 Å². The molecule has 2 rings (SSSR count). The highest BCUT2D eigenvalue weighted by molar-refractivity contribution is 9.10. The van der Waals surface area contributed by atoms with Gasteiger partial charge in [0.05, 0.1) is 4.47 Å². The number of benzene rings is 2. The molecule has 0 aliphatic heterocycles. The lowest BCUT2D eigenvalue weighted by molar-refractivity contribution is 0.470. The van der Waals surface area contributed by atoms with E-state index in [1.54, 1.807) is 6.07 Å². The summed E-state index contributed by atoms with van der Waals surface area (Å²) in [6.45, 7) is 2.42. The molecule has 0 radical (unpaired) electrons. The quantitative estimate of drug-likeness (QED) is 0.924. The molecule has 0 heterocycles. The lowest BCUT2D eigenvalue weighted by Crippen LogP contribution is -1.97. The molecule has 0 aliphatic rings. The number of hydrogen-bond donors (Lipinski definition) is 1. The molecule has 0 spiro atoms. The summed E-state index contributed by atoms with van der Waals surface area (Å²) in [7, 11) is 0. The van der Waals surface area contributed by atoms with Gasteiger partial charge in [0.25, 0.3) is 0 Å². The van der Waals surface area contributed by atoms with Crippen molar-refractivity contribution in [1.82, 2.24) is 0 Å². The Bertz CT molecular complexity index is 572. The van der Waals surface area contributed by atoms with Gasteiger partial charge in [-0.15, -0.1) is 0 Å². The molecule has 0 unspecified atom stereocenters. The summed E-state index contributed by atoms with van der Waals surface area (Å²) in [5.74, 6) is 0.821. The average molecular weight is 310 g/mol. The third-order valence-corrected chi connectivity index (χ3v) is 3.24. The first-order valence-corrected chi connectivity index (χ1v) is 6.32. The highest BCUT2D eigenvalue weighted by atomic mass is 79.9. The van der Waals surface area contributed by atoms with E-state index < -0.39 is 0 Å². The van der Waals surface area contributed by atoms with Gasteiger partial charge >= 0.3 is 0 Å². The standard InChI is InChI=1S/C14H13BrFNO/c1-9-6-10(8-17)2-5-13(9)18-14-7-11(16)3-4-12(14)15/h2-7H,8,17H2,1H3. The molecule has 4 heteroatoms. The van der Waals surface area contributed by atoms with Gasteiger partial charge in [-0.3, -0.25) is 0 Å². The van der Waals surface area contributed by atoms with Gasteiger partial charge < -0.3 is 10.5 Å². The van der Waals surface area contributed by atoms with Gasteiger partial charge in [0, 0.05) is 12.6 Å². The van der Waals surface area contributed by atoms with Crippen molar-refractivity contribution < 1.29 is 9.13 Å². The van der Waals surface area contributed by atoms with E-state index >= 15 is 0 Å². The number of ether oxygens (including phenoxy) is 1. The van der Waals surface area contributed by atoms with Crippen molar-refractivity contribution in [3.63, 3.8) is 0 Å². The smallest absolute Gasteiger partial charge is 0.144 e. The first-order valence-electron chi connectivity index (χ1n) is 5.52. The van der Waals surface area contributed by atoms with E-state index in [1.165, 1.54) is 12.1 Å². The highest BCUT2D eigenvalue weighted by Crippen LogP contribution is 2.32. The zero-order valence-electron chi connectivity index (χ0n) is 9.91. The Morgan fingerprint density at radius 1 is 1.17 bits per heavy atom. The van der Waals surface area contributed by atoms with Crippen molar-refractivity contribution in [2.75, 3.05) is 0 Å². The van der Waals surface area contributed by atoms with Crippen molar-refractivity contribution in [2.45, 2.75) is 13.5 Å². The monoisotopic (exact) mass is 309 g/mol. The lowest BCUT2D eigenvalue weighted by atomic mass is 10.1. The van der Waals surface area contributed by atoms with E-state index in [9.17, 15) is 4.39 Å². The first kappa shape index (κ1) is 13.1. The molecule has 0 amide bonds. The molecule has 0 bridgehead atoms. The van der Waals surface area contributed by atoms with Crippen LogP contribution in [0.5, 0.6) is 11.5 Å². The van der Waals surface area contributed by atoms with Crippen LogP contribution < -0.4 is 10.5 Å². The molecule has 18 heavy (non-hydrogen) atoms. The average Bonchev–Trinajstić information content (AvgIpc) is 2.36. The minimum absolute atomic E-state index is 0.329. The number of rotatable bonds is 3. The van der Waals surface area contributed by atoms with Crippen molar-refractivity contribution in [1.29, 1.82) is 0 Å². The van der Waals surface area contributed by atoms with Crippen LogP contribution in [0.25, 0.3) is 0 Å². The minimum Gasteiger partial charge on any atom is -0.456 e. The maximum atomic E-state index is 13.2. The Balaban J connectivity index is 2.31. The van der Waals surface area contributed by atoms with Crippen LogP contribution in [0.15, 0.2) is 40.9 Å². The Morgan fingerprint density at radius 3 is 2.61 bits per heavy atom. The van der Waals surface area contributed by atoms with Crippen molar-refractivity contribution in [2.24, 2.45) is 5.73 Å². The highest BCUT2D eigenvalue weighted by Gasteiger charge is 2.07. The maximum absolute atomic E-state index is 13.2. The second-order valence-corrected chi connectivity index (χ2v) is 4.84. The molecule has 2 N–H and O–H groups in total. The second-order valence-electron chi connectivity index (χ2n) is 3.98. The molecular weight excluding hydrogens is 297 g/mol. The zero-order chi connectivity index (χ0) is 13.1. The molecule has 0 saturated heterocycles. The van der Waals surface area contributed by atoms with Gasteiger partial charge in [-0.05, 0) is 52.2 Å². The summed E-state index contributed by atoms with van der Waals surface area (Å²) in [5.41, 5.74) is 7.57. The van der Waals surface area contributed by atoms with E-state index in [0.717, 1.165) is 11.1 Å². The SMILES string of the molecule is Cc1cc(CN)ccc1Oc1cc(F)ccc1Br. The fourth-order valence-corrected chi connectivity index (χ4v) is 1.95. The third-order valence-electron chi connectivity index (χ3n) is 2.59. The first-order chi connectivity index (χ1) is 8.60. The normalized spacial score (nSPS) is 10.4. The predicted molar refractivity (Wildman–Crippen MR) is 73.2 cm³/mol. The Kier molecular flexibility index (Phi) is 3.99. The minimum atomic E-state index is -0.329. The van der Waals surface area contributed by atoms with Crippen molar-refractivity contribution in [3.8, 4) is 11.5 Å². The van der Waals surface area contributed by atoms with E-state index in [4.69, 9.17) is 10.5 Å². The molecule has 0 aliphatic carbocycles. The molecule has 0 fully saturated rings. The number of nitrogens with two attached hydrogens (primary N) is 1. The fraction of sp³-hybridized carbons (Fsp3) is 0.143. The molecule has 0 aromatic heterocycles.